The lowest BCUT2D eigenvalue weighted by Crippen LogP contribution is -2.45. The highest BCUT2D eigenvalue weighted by Gasteiger charge is 2.30. The van der Waals surface area contributed by atoms with Crippen LogP contribution >= 0.6 is 11.3 Å². The number of nitrogens with zero attached hydrogens (tertiary/aromatic N) is 2. The molecule has 0 bridgehead atoms. The lowest BCUT2D eigenvalue weighted by molar-refractivity contribution is -0.139. The number of carbonyl (C=O) groups excluding carboxylic acids is 2. The number of rotatable bonds is 9. The second kappa shape index (κ2) is 10.6. The van der Waals surface area contributed by atoms with E-state index in [0.717, 1.165) is 27.3 Å². The summed E-state index contributed by atoms with van der Waals surface area (Å²) in [6, 6.07) is 14.5. The third kappa shape index (κ3) is 5.83. The first-order valence-electron chi connectivity index (χ1n) is 11.3. The van der Waals surface area contributed by atoms with Crippen molar-refractivity contribution in [3.05, 3.63) is 64.7 Å². The highest BCUT2D eigenvalue weighted by molar-refractivity contribution is 7.15. The summed E-state index contributed by atoms with van der Waals surface area (Å²) in [5.74, 6) is -1.71. The average Bonchev–Trinajstić information content (AvgIpc) is 3.38. The predicted octanol–water partition coefficient (Wildman–Crippen LogP) is 4.06. The molecule has 1 aromatic heterocycles. The maximum atomic E-state index is 12.7. The molecular weight excluding hydrogens is 468 g/mol. The number of alkyl carbamates (subject to hydrolysis) is 1. The fourth-order valence-corrected chi connectivity index (χ4v) is 5.05. The van der Waals surface area contributed by atoms with E-state index in [1.807, 2.05) is 62.4 Å². The summed E-state index contributed by atoms with van der Waals surface area (Å²) in [6.07, 6.45) is -0.761. The third-order valence-corrected chi connectivity index (χ3v) is 6.47. The molecule has 182 valence electrons. The van der Waals surface area contributed by atoms with Crippen molar-refractivity contribution in [3.63, 3.8) is 0 Å². The standard InChI is InChI=1S/C25H26N4O5S/c1-14(2)11-21-28-29-24(35-21)27-23(32)20(12-22(30)31)26-25(33)34-13-19-17-9-5-3-7-15(17)16-8-4-6-10-18(16)19/h3-10,14,19-20H,11-13H2,1-2H3,(H,26,33)(H,30,31)(H,27,29,32). The van der Waals surface area contributed by atoms with Gasteiger partial charge in [0.2, 0.25) is 11.0 Å². The van der Waals surface area contributed by atoms with Crippen molar-refractivity contribution >= 4 is 34.4 Å². The normalized spacial score (nSPS) is 13.1. The highest BCUT2D eigenvalue weighted by Crippen LogP contribution is 2.44. The topological polar surface area (TPSA) is 131 Å². The lowest BCUT2D eigenvalue weighted by atomic mass is 9.98. The van der Waals surface area contributed by atoms with Gasteiger partial charge in [0.25, 0.3) is 0 Å². The van der Waals surface area contributed by atoms with Crippen molar-refractivity contribution in [2.45, 2.75) is 38.6 Å². The SMILES string of the molecule is CC(C)Cc1nnc(NC(=O)C(CC(=O)O)NC(=O)OCC2c3ccccc3-c3ccccc32)s1. The van der Waals surface area contributed by atoms with Gasteiger partial charge in [-0.3, -0.25) is 14.9 Å². The molecule has 9 nitrogen and oxygen atoms in total. The van der Waals surface area contributed by atoms with Gasteiger partial charge in [-0.05, 0) is 28.2 Å². The van der Waals surface area contributed by atoms with Crippen molar-refractivity contribution < 1.29 is 24.2 Å². The van der Waals surface area contributed by atoms with Crippen molar-refractivity contribution in [2.24, 2.45) is 5.92 Å². The van der Waals surface area contributed by atoms with E-state index in [0.29, 0.717) is 12.3 Å². The monoisotopic (exact) mass is 494 g/mol. The Bertz CT molecular complexity index is 1200. The van der Waals surface area contributed by atoms with Crippen molar-refractivity contribution in [1.82, 2.24) is 15.5 Å². The van der Waals surface area contributed by atoms with E-state index in [9.17, 15) is 19.5 Å². The van der Waals surface area contributed by atoms with E-state index < -0.39 is 30.4 Å². The van der Waals surface area contributed by atoms with Crippen molar-refractivity contribution in [2.75, 3.05) is 11.9 Å². The Morgan fingerprint density at radius 1 is 1.03 bits per heavy atom. The molecule has 0 saturated carbocycles. The first kappa shape index (κ1) is 24.3. The molecule has 35 heavy (non-hydrogen) atoms. The Morgan fingerprint density at radius 2 is 1.66 bits per heavy atom. The number of amides is 2. The average molecular weight is 495 g/mol. The predicted molar refractivity (Wildman–Crippen MR) is 131 cm³/mol. The van der Waals surface area contributed by atoms with Crippen LogP contribution in [-0.4, -0.2) is 45.9 Å². The molecule has 0 aliphatic heterocycles. The molecule has 1 unspecified atom stereocenters. The number of benzene rings is 2. The molecule has 1 aliphatic rings. The molecule has 10 heteroatoms. The van der Waals surface area contributed by atoms with Gasteiger partial charge in [0, 0.05) is 12.3 Å². The summed E-state index contributed by atoms with van der Waals surface area (Å²) in [4.78, 5) is 36.6. The van der Waals surface area contributed by atoms with Gasteiger partial charge in [-0.1, -0.05) is 73.7 Å². The van der Waals surface area contributed by atoms with Gasteiger partial charge >= 0.3 is 12.1 Å². The summed E-state index contributed by atoms with van der Waals surface area (Å²) < 4.78 is 5.45. The number of carboxylic acid groups (broad SMARTS) is 1. The second-order valence-electron chi connectivity index (χ2n) is 8.71. The molecule has 1 atom stereocenters. The Balaban J connectivity index is 1.40. The van der Waals surface area contributed by atoms with Crippen LogP contribution in [-0.2, 0) is 20.7 Å². The van der Waals surface area contributed by atoms with Crippen LogP contribution < -0.4 is 10.6 Å². The van der Waals surface area contributed by atoms with E-state index in [4.69, 9.17) is 4.74 Å². The molecule has 0 saturated heterocycles. The summed E-state index contributed by atoms with van der Waals surface area (Å²) in [6.45, 7) is 4.14. The molecule has 2 aromatic carbocycles. The number of ether oxygens (including phenoxy) is 1. The van der Waals surface area contributed by atoms with Gasteiger partial charge < -0.3 is 15.2 Å². The quantitative estimate of drug-likeness (QED) is 0.409. The minimum Gasteiger partial charge on any atom is -0.481 e. The van der Waals surface area contributed by atoms with Crippen LogP contribution in [0.1, 0.15) is 42.3 Å². The number of aromatic nitrogens is 2. The van der Waals surface area contributed by atoms with Crippen molar-refractivity contribution in [3.8, 4) is 11.1 Å². The molecule has 0 fully saturated rings. The second-order valence-corrected chi connectivity index (χ2v) is 9.77. The molecule has 3 N–H and O–H groups in total. The molecule has 0 radical (unpaired) electrons. The first-order valence-corrected chi connectivity index (χ1v) is 12.1. The number of hydrogen-bond donors (Lipinski definition) is 3. The fourth-order valence-electron chi connectivity index (χ4n) is 4.09. The summed E-state index contributed by atoms with van der Waals surface area (Å²) in [5.41, 5.74) is 4.29. The number of aliphatic carboxylic acids is 1. The van der Waals surface area contributed by atoms with Crippen LogP contribution in [0.5, 0.6) is 0 Å². The third-order valence-electron chi connectivity index (χ3n) is 5.61. The number of nitrogens with one attached hydrogen (secondary N) is 2. The van der Waals surface area contributed by atoms with Gasteiger partial charge in [-0.15, -0.1) is 10.2 Å². The molecule has 1 heterocycles. The highest BCUT2D eigenvalue weighted by atomic mass is 32.1. The minimum atomic E-state index is -1.33. The summed E-state index contributed by atoms with van der Waals surface area (Å²) >= 11 is 1.21. The number of carboxylic acids is 1. The maximum Gasteiger partial charge on any atom is 0.407 e. The van der Waals surface area contributed by atoms with Gasteiger partial charge in [0.05, 0.1) is 6.42 Å². The number of anilines is 1. The van der Waals surface area contributed by atoms with E-state index >= 15 is 0 Å². The minimum absolute atomic E-state index is 0.0518. The summed E-state index contributed by atoms with van der Waals surface area (Å²) in [7, 11) is 0. The zero-order chi connectivity index (χ0) is 24.9. The van der Waals surface area contributed by atoms with Gasteiger partial charge in [0.1, 0.15) is 17.7 Å². The Hall–Kier alpha value is -3.79. The van der Waals surface area contributed by atoms with Crippen LogP contribution in [0.25, 0.3) is 11.1 Å². The van der Waals surface area contributed by atoms with E-state index in [1.54, 1.807) is 0 Å². The van der Waals surface area contributed by atoms with Gasteiger partial charge in [0.15, 0.2) is 0 Å². The molecule has 2 amide bonds. The first-order chi connectivity index (χ1) is 16.8. The number of fused-ring (bicyclic) bond motifs is 3. The van der Waals surface area contributed by atoms with Crippen LogP contribution in [0.2, 0.25) is 0 Å². The van der Waals surface area contributed by atoms with Crippen molar-refractivity contribution in [1.29, 1.82) is 0 Å². The molecule has 4 rings (SSSR count). The Morgan fingerprint density at radius 3 is 2.26 bits per heavy atom. The van der Waals surface area contributed by atoms with Crippen LogP contribution in [0, 0.1) is 5.92 Å². The molecule has 3 aromatic rings. The summed E-state index contributed by atoms with van der Waals surface area (Å²) in [5, 5.41) is 23.1. The van der Waals surface area contributed by atoms with Crippen LogP contribution in [0.3, 0.4) is 0 Å². The van der Waals surface area contributed by atoms with Gasteiger partial charge in [-0.25, -0.2) is 4.79 Å². The number of hydrogen-bond acceptors (Lipinski definition) is 7. The molecule has 0 spiro atoms. The molecular formula is C25H26N4O5S. The largest absolute Gasteiger partial charge is 0.481 e. The van der Waals surface area contributed by atoms with E-state index in [1.165, 1.54) is 11.3 Å². The van der Waals surface area contributed by atoms with Crippen LogP contribution in [0.15, 0.2) is 48.5 Å². The van der Waals surface area contributed by atoms with Crippen LogP contribution in [0.4, 0.5) is 9.93 Å². The maximum absolute atomic E-state index is 12.7. The number of carbonyl (C=O) groups is 3. The lowest BCUT2D eigenvalue weighted by Gasteiger charge is -2.18. The van der Waals surface area contributed by atoms with E-state index in [2.05, 4.69) is 20.8 Å². The Kier molecular flexibility index (Phi) is 7.40. The smallest absolute Gasteiger partial charge is 0.407 e. The fraction of sp³-hybridized carbons (Fsp3) is 0.320. The zero-order valence-electron chi connectivity index (χ0n) is 19.4. The van der Waals surface area contributed by atoms with E-state index in [-0.39, 0.29) is 17.7 Å². The zero-order valence-corrected chi connectivity index (χ0v) is 20.2. The van der Waals surface area contributed by atoms with Gasteiger partial charge in [-0.2, -0.15) is 0 Å². The Labute approximate surface area is 206 Å². The molecule has 1 aliphatic carbocycles.